The number of aryl methyl sites for hydroxylation is 1. The molecule has 2 heterocycles. The van der Waals surface area contributed by atoms with Crippen LogP contribution in [0.2, 0.25) is 0 Å². The van der Waals surface area contributed by atoms with Crippen LogP contribution in [-0.2, 0) is 19.6 Å². The summed E-state index contributed by atoms with van der Waals surface area (Å²) in [6.45, 7) is 5.92. The Kier molecular flexibility index (Phi) is 10.2. The van der Waals surface area contributed by atoms with Gasteiger partial charge in [0.2, 0.25) is 10.0 Å². The Labute approximate surface area is 211 Å². The second-order valence-corrected chi connectivity index (χ2v) is 11.2. The molecule has 35 heavy (non-hydrogen) atoms. The number of nitrogens with one attached hydrogen (secondary N) is 3. The fourth-order valence-corrected chi connectivity index (χ4v) is 5.90. The first-order chi connectivity index (χ1) is 16.8. The smallest absolute Gasteiger partial charge is 0.328 e. The lowest BCUT2D eigenvalue weighted by Crippen LogP contribution is -2.42. The van der Waals surface area contributed by atoms with E-state index < -0.39 is 27.9 Å². The standard InChI is InChI=1S/C24H34N4O5S2/c1-3-33-24(30)20(6-4-5-13-26-35(31,32)19-9-7-17(2)8-10-19)27-22(29)21-16-34-23(28-21)18-11-14-25-15-12-18/h7-10,16,18,20,25-26H,3-6,11-15H2,1-2H3,(H,27,29). The molecular formula is C24H34N4O5S2. The van der Waals surface area contributed by atoms with Crippen molar-refractivity contribution in [2.75, 3.05) is 26.2 Å². The molecular weight excluding hydrogens is 488 g/mol. The first-order valence-corrected chi connectivity index (χ1v) is 14.4. The van der Waals surface area contributed by atoms with Crippen LogP contribution in [0.3, 0.4) is 0 Å². The molecule has 192 valence electrons. The van der Waals surface area contributed by atoms with E-state index in [9.17, 15) is 18.0 Å². The minimum absolute atomic E-state index is 0.206. The molecule has 3 N–H and O–H groups in total. The maximum Gasteiger partial charge on any atom is 0.328 e. The Balaban J connectivity index is 1.50. The van der Waals surface area contributed by atoms with Gasteiger partial charge in [0, 0.05) is 17.8 Å². The van der Waals surface area contributed by atoms with Gasteiger partial charge in [0.15, 0.2) is 0 Å². The number of aromatic nitrogens is 1. The molecule has 1 aliphatic rings. The summed E-state index contributed by atoms with van der Waals surface area (Å²) in [4.78, 5) is 29.9. The van der Waals surface area contributed by atoms with Crippen LogP contribution in [-0.4, -0.2) is 57.6 Å². The van der Waals surface area contributed by atoms with E-state index >= 15 is 0 Å². The third kappa shape index (κ3) is 8.09. The number of hydrogen-bond acceptors (Lipinski definition) is 8. The quantitative estimate of drug-likeness (QED) is 0.289. The maximum atomic E-state index is 12.8. The summed E-state index contributed by atoms with van der Waals surface area (Å²) in [6.07, 6.45) is 3.36. The van der Waals surface area contributed by atoms with Gasteiger partial charge in [-0.25, -0.2) is 22.9 Å². The Morgan fingerprint density at radius 1 is 1.20 bits per heavy atom. The molecule has 1 fully saturated rings. The summed E-state index contributed by atoms with van der Waals surface area (Å²) in [5.74, 6) is -0.554. The first-order valence-electron chi connectivity index (χ1n) is 12.0. The number of carbonyl (C=O) groups excluding carboxylic acids is 2. The third-order valence-electron chi connectivity index (χ3n) is 5.86. The Hall–Kier alpha value is -2.34. The highest BCUT2D eigenvalue weighted by Crippen LogP contribution is 2.28. The van der Waals surface area contributed by atoms with E-state index in [1.807, 2.05) is 6.92 Å². The summed E-state index contributed by atoms with van der Waals surface area (Å²) >= 11 is 1.47. The second-order valence-electron chi connectivity index (χ2n) is 8.58. The predicted octanol–water partition coefficient (Wildman–Crippen LogP) is 2.73. The number of hydrogen-bond donors (Lipinski definition) is 3. The predicted molar refractivity (Wildman–Crippen MR) is 135 cm³/mol. The van der Waals surface area contributed by atoms with Gasteiger partial charge in [-0.3, -0.25) is 4.79 Å². The van der Waals surface area contributed by atoms with Crippen LogP contribution in [0.4, 0.5) is 0 Å². The lowest BCUT2D eigenvalue weighted by atomic mass is 9.99. The number of nitrogens with zero attached hydrogens (tertiary/aromatic N) is 1. The van der Waals surface area contributed by atoms with Crippen molar-refractivity contribution in [1.29, 1.82) is 0 Å². The van der Waals surface area contributed by atoms with E-state index in [0.717, 1.165) is 36.5 Å². The Morgan fingerprint density at radius 2 is 1.91 bits per heavy atom. The fourth-order valence-electron chi connectivity index (χ4n) is 3.85. The van der Waals surface area contributed by atoms with Crippen LogP contribution < -0.4 is 15.4 Å². The maximum absolute atomic E-state index is 12.8. The van der Waals surface area contributed by atoms with Gasteiger partial charge in [0.1, 0.15) is 11.7 Å². The number of piperidine rings is 1. The molecule has 1 aromatic carbocycles. The van der Waals surface area contributed by atoms with Crippen LogP contribution in [0.5, 0.6) is 0 Å². The van der Waals surface area contributed by atoms with Gasteiger partial charge in [-0.05, 0) is 71.2 Å². The normalized spacial score (nSPS) is 15.5. The van der Waals surface area contributed by atoms with Gasteiger partial charge >= 0.3 is 5.97 Å². The van der Waals surface area contributed by atoms with Gasteiger partial charge in [0.05, 0.1) is 16.5 Å². The molecule has 1 amide bonds. The Bertz CT molecular complexity index is 1080. The van der Waals surface area contributed by atoms with Crippen molar-refractivity contribution in [2.45, 2.75) is 62.8 Å². The lowest BCUT2D eigenvalue weighted by Gasteiger charge is -2.20. The topological polar surface area (TPSA) is 126 Å². The van der Waals surface area contributed by atoms with E-state index in [0.29, 0.717) is 30.9 Å². The molecule has 0 saturated carbocycles. The van der Waals surface area contributed by atoms with Crippen LogP contribution in [0.15, 0.2) is 34.5 Å². The number of carbonyl (C=O) groups is 2. The van der Waals surface area contributed by atoms with E-state index in [1.165, 1.54) is 11.3 Å². The van der Waals surface area contributed by atoms with Crippen molar-refractivity contribution < 1.29 is 22.7 Å². The molecule has 1 atom stereocenters. The number of amides is 1. The zero-order valence-corrected chi connectivity index (χ0v) is 21.8. The molecule has 2 aromatic rings. The third-order valence-corrected chi connectivity index (χ3v) is 8.35. The molecule has 0 spiro atoms. The Morgan fingerprint density at radius 3 is 2.60 bits per heavy atom. The van der Waals surface area contributed by atoms with Gasteiger partial charge < -0.3 is 15.4 Å². The SMILES string of the molecule is CCOC(=O)C(CCCCNS(=O)(=O)c1ccc(C)cc1)NC(=O)c1csc(C2CCNCC2)n1. The van der Waals surface area contributed by atoms with Crippen LogP contribution in [0.25, 0.3) is 0 Å². The highest BCUT2D eigenvalue weighted by molar-refractivity contribution is 7.89. The van der Waals surface area contributed by atoms with E-state index in [2.05, 4.69) is 20.3 Å². The van der Waals surface area contributed by atoms with Crippen LogP contribution in [0.1, 0.15) is 66.0 Å². The summed E-state index contributed by atoms with van der Waals surface area (Å²) < 4.78 is 32.5. The van der Waals surface area contributed by atoms with Crippen molar-refractivity contribution in [3.63, 3.8) is 0 Å². The monoisotopic (exact) mass is 522 g/mol. The lowest BCUT2D eigenvalue weighted by molar-refractivity contribution is -0.145. The number of thiazole rings is 1. The summed E-state index contributed by atoms with van der Waals surface area (Å²) in [7, 11) is -3.59. The van der Waals surface area contributed by atoms with E-state index in [-0.39, 0.29) is 18.0 Å². The number of benzene rings is 1. The summed E-state index contributed by atoms with van der Waals surface area (Å²) in [5, 5.41) is 8.75. The zero-order valence-electron chi connectivity index (χ0n) is 20.2. The number of esters is 1. The molecule has 0 bridgehead atoms. The summed E-state index contributed by atoms with van der Waals surface area (Å²) in [6, 6.07) is 5.82. The van der Waals surface area contributed by atoms with Crippen LogP contribution >= 0.6 is 11.3 Å². The molecule has 9 nitrogen and oxygen atoms in total. The zero-order chi connectivity index (χ0) is 25.3. The highest BCUT2D eigenvalue weighted by Gasteiger charge is 2.25. The van der Waals surface area contributed by atoms with E-state index in [1.54, 1.807) is 36.6 Å². The van der Waals surface area contributed by atoms with Crippen LogP contribution in [0, 0.1) is 6.92 Å². The highest BCUT2D eigenvalue weighted by atomic mass is 32.2. The van der Waals surface area contributed by atoms with Crippen molar-refractivity contribution in [1.82, 2.24) is 20.3 Å². The molecule has 0 aliphatic carbocycles. The number of rotatable bonds is 12. The molecule has 1 unspecified atom stereocenters. The molecule has 1 saturated heterocycles. The molecule has 0 radical (unpaired) electrons. The minimum atomic E-state index is -3.59. The molecule has 11 heteroatoms. The second kappa shape index (κ2) is 13.1. The average Bonchev–Trinajstić information content (AvgIpc) is 3.34. The van der Waals surface area contributed by atoms with E-state index in [4.69, 9.17) is 4.74 Å². The summed E-state index contributed by atoms with van der Waals surface area (Å²) in [5.41, 5.74) is 1.29. The van der Waals surface area contributed by atoms with Gasteiger partial charge in [-0.2, -0.15) is 0 Å². The van der Waals surface area contributed by atoms with Crippen molar-refractivity contribution in [3.05, 3.63) is 45.9 Å². The largest absolute Gasteiger partial charge is 0.464 e. The number of ether oxygens (including phenoxy) is 1. The van der Waals surface area contributed by atoms with Gasteiger partial charge in [-0.1, -0.05) is 17.7 Å². The first kappa shape index (κ1) is 27.3. The average molecular weight is 523 g/mol. The molecule has 1 aliphatic heterocycles. The van der Waals surface area contributed by atoms with Gasteiger partial charge in [-0.15, -0.1) is 11.3 Å². The number of sulfonamides is 1. The number of unbranched alkanes of at least 4 members (excludes halogenated alkanes) is 1. The van der Waals surface area contributed by atoms with Gasteiger partial charge in [0.25, 0.3) is 5.91 Å². The molecule has 1 aromatic heterocycles. The molecule has 3 rings (SSSR count). The van der Waals surface area contributed by atoms with Crippen molar-refractivity contribution in [3.8, 4) is 0 Å². The van der Waals surface area contributed by atoms with Crippen molar-refractivity contribution >= 4 is 33.2 Å². The minimum Gasteiger partial charge on any atom is -0.464 e. The van der Waals surface area contributed by atoms with Crippen molar-refractivity contribution in [2.24, 2.45) is 0 Å². The fraction of sp³-hybridized carbons (Fsp3) is 0.542.